The summed E-state index contributed by atoms with van der Waals surface area (Å²) in [7, 11) is 3.55. The third-order valence-corrected chi connectivity index (χ3v) is 9.48. The molecule has 2 amide bonds. The van der Waals surface area contributed by atoms with Crippen LogP contribution in [0.25, 0.3) is 0 Å². The van der Waals surface area contributed by atoms with Crippen LogP contribution >= 0.6 is 0 Å². The number of amides is 2. The molecule has 35 heavy (non-hydrogen) atoms. The minimum Gasteiger partial charge on any atom is -0.460 e. The Kier molecular flexibility index (Phi) is 7.41. The Morgan fingerprint density at radius 1 is 0.971 bits per heavy atom. The number of hydrogen-bond donors (Lipinski definition) is 2. The molecule has 0 aromatic rings. The summed E-state index contributed by atoms with van der Waals surface area (Å²) in [6.45, 7) is 4.52. The summed E-state index contributed by atoms with van der Waals surface area (Å²) in [5.74, 6) is 0.952. The number of ketones is 1. The Hall–Kier alpha value is -2.22. The van der Waals surface area contributed by atoms with Crippen molar-refractivity contribution in [2.45, 2.75) is 71.3 Å². The summed E-state index contributed by atoms with van der Waals surface area (Å²) in [6.07, 6.45) is 9.63. The summed E-state index contributed by atoms with van der Waals surface area (Å²) in [4.78, 5) is 50.0. The van der Waals surface area contributed by atoms with Gasteiger partial charge >= 0.3 is 5.97 Å². The van der Waals surface area contributed by atoms with E-state index in [1.54, 1.807) is 19.0 Å². The van der Waals surface area contributed by atoms with E-state index in [9.17, 15) is 19.2 Å². The monoisotopic (exact) mass is 487 g/mol. The van der Waals surface area contributed by atoms with E-state index >= 15 is 0 Å². The van der Waals surface area contributed by atoms with Crippen molar-refractivity contribution in [3.05, 3.63) is 11.6 Å². The largest absolute Gasteiger partial charge is 0.460 e. The Bertz CT molecular complexity index is 914. The van der Waals surface area contributed by atoms with Crippen LogP contribution in [0.1, 0.15) is 65.2 Å². The molecule has 0 bridgehead atoms. The van der Waals surface area contributed by atoms with Crippen molar-refractivity contribution >= 4 is 23.6 Å². The smallest absolute Gasteiger partial charge is 0.325 e. The Morgan fingerprint density at radius 2 is 1.71 bits per heavy atom. The first-order chi connectivity index (χ1) is 16.5. The molecule has 4 aliphatic rings. The van der Waals surface area contributed by atoms with Gasteiger partial charge in [-0.2, -0.15) is 0 Å². The normalized spacial score (nSPS) is 35.9. The fourth-order valence-electron chi connectivity index (χ4n) is 7.66. The number of carbonyl (C=O) groups excluding carboxylic acids is 4. The van der Waals surface area contributed by atoms with Gasteiger partial charge in [0.2, 0.25) is 11.8 Å². The molecule has 3 fully saturated rings. The van der Waals surface area contributed by atoms with Gasteiger partial charge in [-0.3, -0.25) is 19.2 Å². The third kappa shape index (κ3) is 5.18. The molecular formula is C27H41N3O5. The lowest BCUT2D eigenvalue weighted by atomic mass is 9.47. The van der Waals surface area contributed by atoms with Gasteiger partial charge in [0.1, 0.15) is 12.6 Å². The SMILES string of the molecule is CN(C)CC(=O)NCC(=O)NCC(=O)O[C@H]1CC[C@H]2C3CCC4=CC(=O)CC[C@]4(C)C3CC[C@]12C. The highest BCUT2D eigenvalue weighted by Crippen LogP contribution is 2.65. The second-order valence-electron chi connectivity index (χ2n) is 11.9. The van der Waals surface area contributed by atoms with E-state index in [-0.39, 0.29) is 48.3 Å². The van der Waals surface area contributed by atoms with E-state index in [0.717, 1.165) is 44.9 Å². The zero-order valence-corrected chi connectivity index (χ0v) is 21.7. The van der Waals surface area contributed by atoms with Crippen LogP contribution in [-0.4, -0.2) is 68.3 Å². The number of fused-ring (bicyclic) bond motifs is 5. The predicted molar refractivity (Wildman–Crippen MR) is 131 cm³/mol. The number of nitrogens with zero attached hydrogens (tertiary/aromatic N) is 1. The first kappa shape index (κ1) is 25.9. The molecule has 4 aliphatic carbocycles. The van der Waals surface area contributed by atoms with Crippen molar-refractivity contribution in [3.63, 3.8) is 0 Å². The van der Waals surface area contributed by atoms with E-state index in [1.165, 1.54) is 5.57 Å². The summed E-state index contributed by atoms with van der Waals surface area (Å²) in [6, 6.07) is 0. The second-order valence-corrected chi connectivity index (χ2v) is 11.9. The van der Waals surface area contributed by atoms with Crippen molar-refractivity contribution in [1.82, 2.24) is 15.5 Å². The van der Waals surface area contributed by atoms with Gasteiger partial charge < -0.3 is 20.3 Å². The number of esters is 1. The van der Waals surface area contributed by atoms with Crippen molar-refractivity contribution in [3.8, 4) is 0 Å². The Labute approximate surface area is 208 Å². The van der Waals surface area contributed by atoms with Crippen molar-refractivity contribution < 1.29 is 23.9 Å². The lowest BCUT2D eigenvalue weighted by molar-refractivity contribution is -0.159. The number of hydrogen-bond acceptors (Lipinski definition) is 6. The molecule has 0 aromatic heterocycles. The molecule has 0 radical (unpaired) electrons. The minimum atomic E-state index is -0.418. The number of carbonyl (C=O) groups is 4. The van der Waals surface area contributed by atoms with Crippen molar-refractivity contribution in [2.24, 2.45) is 28.6 Å². The van der Waals surface area contributed by atoms with Crippen LogP contribution in [0.15, 0.2) is 11.6 Å². The molecular weight excluding hydrogens is 446 g/mol. The zero-order valence-electron chi connectivity index (χ0n) is 21.7. The molecule has 2 N–H and O–H groups in total. The maximum atomic E-state index is 12.6. The molecule has 6 atom stereocenters. The molecule has 3 saturated carbocycles. The summed E-state index contributed by atoms with van der Waals surface area (Å²) in [5, 5.41) is 5.10. The van der Waals surface area contributed by atoms with E-state index in [1.807, 2.05) is 6.08 Å². The van der Waals surface area contributed by atoms with Gasteiger partial charge in [0.15, 0.2) is 5.78 Å². The van der Waals surface area contributed by atoms with Gasteiger partial charge in [-0.1, -0.05) is 19.4 Å². The molecule has 4 rings (SSSR count). The lowest BCUT2D eigenvalue weighted by Gasteiger charge is -2.57. The standard InChI is InChI=1S/C27H41N3O5/c1-26-11-9-18(31)13-17(26)5-6-19-20-7-8-22(27(20,2)12-10-21(19)26)35-25(34)15-29-23(32)14-28-24(33)16-30(3)4/h13,19-22H,5-12,14-16H2,1-4H3,(H,28,33)(H,29,32)/t19?,20-,21?,22-,26-,27-/m0/s1. The van der Waals surface area contributed by atoms with Crippen LogP contribution in [0, 0.1) is 28.6 Å². The maximum absolute atomic E-state index is 12.6. The quantitative estimate of drug-likeness (QED) is 0.534. The zero-order chi connectivity index (χ0) is 25.4. The number of ether oxygens (including phenoxy) is 1. The van der Waals surface area contributed by atoms with Crippen LogP contribution in [0.2, 0.25) is 0 Å². The van der Waals surface area contributed by atoms with Crippen LogP contribution in [0.3, 0.4) is 0 Å². The first-order valence-corrected chi connectivity index (χ1v) is 13.1. The molecule has 2 unspecified atom stereocenters. The number of rotatable bonds is 7. The van der Waals surface area contributed by atoms with Crippen LogP contribution in [0.5, 0.6) is 0 Å². The topological polar surface area (TPSA) is 105 Å². The average Bonchev–Trinajstić information content (AvgIpc) is 3.12. The van der Waals surface area contributed by atoms with E-state index in [4.69, 9.17) is 4.74 Å². The average molecular weight is 488 g/mol. The highest BCUT2D eigenvalue weighted by molar-refractivity contribution is 5.91. The highest BCUT2D eigenvalue weighted by atomic mass is 16.5. The van der Waals surface area contributed by atoms with Gasteiger partial charge in [0, 0.05) is 11.8 Å². The summed E-state index contributed by atoms with van der Waals surface area (Å²) >= 11 is 0. The molecule has 194 valence electrons. The predicted octanol–water partition coefficient (Wildman–Crippen LogP) is 2.22. The van der Waals surface area contributed by atoms with Gasteiger partial charge in [0.25, 0.3) is 0 Å². The van der Waals surface area contributed by atoms with Crippen LogP contribution in [0.4, 0.5) is 0 Å². The van der Waals surface area contributed by atoms with Crippen LogP contribution < -0.4 is 10.6 Å². The Morgan fingerprint density at radius 3 is 2.46 bits per heavy atom. The van der Waals surface area contributed by atoms with E-state index in [0.29, 0.717) is 24.2 Å². The van der Waals surface area contributed by atoms with Gasteiger partial charge in [-0.05, 0) is 88.3 Å². The minimum absolute atomic E-state index is 0.0386. The van der Waals surface area contributed by atoms with Gasteiger partial charge in [0.05, 0.1) is 13.1 Å². The highest BCUT2D eigenvalue weighted by Gasteiger charge is 2.59. The molecule has 0 aliphatic heterocycles. The second kappa shape index (κ2) is 10.0. The first-order valence-electron chi connectivity index (χ1n) is 13.1. The van der Waals surface area contributed by atoms with E-state index < -0.39 is 11.9 Å². The summed E-state index contributed by atoms with van der Waals surface area (Å²) < 4.78 is 5.93. The van der Waals surface area contributed by atoms with E-state index in [2.05, 4.69) is 24.5 Å². The van der Waals surface area contributed by atoms with Gasteiger partial charge in [-0.15, -0.1) is 0 Å². The molecule has 0 heterocycles. The fourth-order valence-corrected chi connectivity index (χ4v) is 7.66. The molecule has 8 heteroatoms. The van der Waals surface area contributed by atoms with Crippen molar-refractivity contribution in [2.75, 3.05) is 33.7 Å². The lowest BCUT2D eigenvalue weighted by Crippen LogP contribution is -2.52. The number of likely N-dealkylation sites (N-methyl/N-ethyl adjacent to an activating group) is 1. The van der Waals surface area contributed by atoms with Gasteiger partial charge in [-0.25, -0.2) is 0 Å². The molecule has 0 spiro atoms. The fraction of sp³-hybridized carbons (Fsp3) is 0.778. The van der Waals surface area contributed by atoms with Crippen LogP contribution in [-0.2, 0) is 23.9 Å². The third-order valence-electron chi connectivity index (χ3n) is 9.48. The molecule has 0 saturated heterocycles. The maximum Gasteiger partial charge on any atom is 0.325 e. The molecule has 8 nitrogen and oxygen atoms in total. The number of nitrogens with one attached hydrogen (secondary N) is 2. The summed E-state index contributed by atoms with van der Waals surface area (Å²) in [5.41, 5.74) is 1.47. The molecule has 0 aromatic carbocycles. The van der Waals surface area contributed by atoms with Crippen molar-refractivity contribution in [1.29, 1.82) is 0 Å². The number of allylic oxidation sites excluding steroid dienone is 1. The Balaban J connectivity index is 1.30.